The first kappa shape index (κ1) is 45.5. The molecule has 0 aromatic heterocycles. The average Bonchev–Trinajstić information content (AvgIpc) is 3.00. The minimum absolute atomic E-state index is 0.201. The Balaban J connectivity index is 0.00000163. The van der Waals surface area contributed by atoms with Gasteiger partial charge in [-0.1, -0.05) is 202 Å². The summed E-state index contributed by atoms with van der Waals surface area (Å²) in [5, 5.41) is 20.9. The number of benzene rings is 1. The van der Waals surface area contributed by atoms with Crippen LogP contribution in [0, 0.1) is 5.92 Å². The summed E-state index contributed by atoms with van der Waals surface area (Å²) in [5.74, 6) is -0.711. The van der Waals surface area contributed by atoms with Crippen LogP contribution in [-0.2, 0) is 22.0 Å². The summed E-state index contributed by atoms with van der Waals surface area (Å²) in [6.45, 7) is 18.0. The fraction of sp³-hybridized carbons (Fsp3) is 0.837. The molecule has 1 unspecified atom stereocenters. The van der Waals surface area contributed by atoms with Gasteiger partial charge in [-0.05, 0) is 53.3 Å². The summed E-state index contributed by atoms with van der Waals surface area (Å²) >= 11 is 0. The summed E-state index contributed by atoms with van der Waals surface area (Å²) in [7, 11) is 0. The van der Waals surface area contributed by atoms with E-state index in [2.05, 4.69) is 55.4 Å². The zero-order valence-corrected chi connectivity index (χ0v) is 32.8. The number of unbranched alkanes of at least 4 members (excludes halogenated alkanes) is 20. The molecule has 1 atom stereocenters. The van der Waals surface area contributed by atoms with Crippen LogP contribution in [0.1, 0.15) is 220 Å². The number of aromatic hydroxyl groups is 1. The highest BCUT2D eigenvalue weighted by atomic mass is 16.4. The van der Waals surface area contributed by atoms with Crippen molar-refractivity contribution in [1.82, 2.24) is 0 Å². The van der Waals surface area contributed by atoms with Gasteiger partial charge in [0.1, 0.15) is 5.75 Å². The number of carbonyl (C=O) groups is 1. The number of carboxylic acids is 1. The zero-order chi connectivity index (χ0) is 35.6. The molecule has 1 aromatic carbocycles. The van der Waals surface area contributed by atoms with Crippen molar-refractivity contribution in [3.8, 4) is 5.75 Å². The Morgan fingerprint density at radius 1 is 0.596 bits per heavy atom. The van der Waals surface area contributed by atoms with Gasteiger partial charge in [-0.15, -0.1) is 0 Å². The number of hydrogen-bond acceptors (Lipinski definition) is 3. The van der Waals surface area contributed by atoms with Crippen LogP contribution >= 0.6 is 0 Å². The van der Waals surface area contributed by atoms with Crippen molar-refractivity contribution in [1.29, 1.82) is 0 Å². The van der Waals surface area contributed by atoms with Crippen molar-refractivity contribution in [3.05, 3.63) is 28.8 Å². The molecule has 0 fully saturated rings. The molecule has 276 valence electrons. The zero-order valence-electron chi connectivity index (χ0n) is 32.8. The molecule has 0 bridgehead atoms. The van der Waals surface area contributed by atoms with Gasteiger partial charge in [0.2, 0.25) is 0 Å². The molecule has 1 rings (SSSR count). The second-order valence-electron chi connectivity index (χ2n) is 16.4. The molecular formula is C43H81NO3. The van der Waals surface area contributed by atoms with E-state index in [0.717, 1.165) is 42.5 Å². The molecule has 0 aliphatic rings. The van der Waals surface area contributed by atoms with Crippen molar-refractivity contribution in [3.63, 3.8) is 0 Å². The van der Waals surface area contributed by atoms with E-state index in [4.69, 9.17) is 5.73 Å². The highest BCUT2D eigenvalue weighted by molar-refractivity contribution is 5.70. The quantitative estimate of drug-likeness (QED) is 0.0864. The van der Waals surface area contributed by atoms with Gasteiger partial charge >= 0.3 is 5.97 Å². The third-order valence-corrected chi connectivity index (χ3v) is 9.58. The second kappa shape index (κ2) is 27.3. The highest BCUT2D eigenvalue weighted by Gasteiger charge is 2.28. The number of rotatable bonds is 26. The van der Waals surface area contributed by atoms with Crippen LogP contribution in [0.2, 0.25) is 0 Å². The lowest BCUT2D eigenvalue weighted by atomic mass is 9.77. The summed E-state index contributed by atoms with van der Waals surface area (Å²) in [6, 6.07) is 4.07. The van der Waals surface area contributed by atoms with Crippen LogP contribution in [-0.4, -0.2) is 22.7 Å². The van der Waals surface area contributed by atoms with Crippen molar-refractivity contribution in [2.24, 2.45) is 11.7 Å². The summed E-state index contributed by atoms with van der Waals surface area (Å²) < 4.78 is 0. The standard InChI is InChI=1S/C33H58O3.C10H23N/c1-8-9-10-11-12-13-14-15-16-17-18-19-20-21-22-27(31(35)36)23-26-24-28(32(2,3)4)30(34)29(25-26)33(5,6)7;1-2-3-4-5-6-7-8-9-10-11/h24-25,27,34H,8-23H2,1-7H3,(H,35,36);2-11H2,1H3. The average molecular weight is 660 g/mol. The topological polar surface area (TPSA) is 83.5 Å². The SMILES string of the molecule is CCCCCCCCCCCCCCCCC(Cc1cc(C(C)(C)C)c(O)c(C(C)(C)C)c1)C(=O)O.CCCCCCCCCCN. The molecule has 0 radical (unpaired) electrons. The molecule has 0 spiro atoms. The first-order valence-corrected chi connectivity index (χ1v) is 20.1. The third kappa shape index (κ3) is 23.4. The Hall–Kier alpha value is -1.55. The smallest absolute Gasteiger partial charge is 0.306 e. The molecule has 47 heavy (non-hydrogen) atoms. The van der Waals surface area contributed by atoms with E-state index < -0.39 is 5.97 Å². The first-order valence-electron chi connectivity index (χ1n) is 20.1. The lowest BCUT2D eigenvalue weighted by Crippen LogP contribution is -2.20. The van der Waals surface area contributed by atoms with E-state index in [-0.39, 0.29) is 16.7 Å². The molecule has 0 amide bonds. The maximum absolute atomic E-state index is 12.1. The van der Waals surface area contributed by atoms with Crippen LogP contribution in [0.15, 0.2) is 12.1 Å². The van der Waals surface area contributed by atoms with Gasteiger partial charge in [0.15, 0.2) is 0 Å². The predicted octanol–water partition coefficient (Wildman–Crippen LogP) is 13.2. The molecular weight excluding hydrogens is 578 g/mol. The van der Waals surface area contributed by atoms with Crippen LogP contribution in [0.25, 0.3) is 0 Å². The van der Waals surface area contributed by atoms with Crippen molar-refractivity contribution >= 4 is 5.97 Å². The lowest BCUT2D eigenvalue weighted by molar-refractivity contribution is -0.142. The molecule has 4 N–H and O–H groups in total. The number of nitrogens with two attached hydrogens (primary N) is 1. The van der Waals surface area contributed by atoms with Gasteiger partial charge in [0.05, 0.1) is 5.92 Å². The maximum atomic E-state index is 12.1. The molecule has 1 aromatic rings. The Kier molecular flexibility index (Phi) is 26.4. The molecule has 0 saturated heterocycles. The van der Waals surface area contributed by atoms with Gasteiger partial charge in [0, 0.05) is 0 Å². The van der Waals surface area contributed by atoms with E-state index in [1.807, 2.05) is 12.1 Å². The van der Waals surface area contributed by atoms with Crippen LogP contribution in [0.3, 0.4) is 0 Å². The van der Waals surface area contributed by atoms with Gasteiger partial charge in [-0.25, -0.2) is 0 Å². The van der Waals surface area contributed by atoms with Crippen LogP contribution in [0.4, 0.5) is 0 Å². The third-order valence-electron chi connectivity index (χ3n) is 9.58. The molecule has 0 aliphatic carbocycles. The Bertz CT molecular complexity index is 852. The number of phenolic OH excluding ortho intramolecular Hbond substituents is 1. The fourth-order valence-corrected chi connectivity index (χ4v) is 6.42. The number of phenols is 1. The Morgan fingerprint density at radius 3 is 1.21 bits per heavy atom. The molecule has 4 nitrogen and oxygen atoms in total. The Labute approximate surface area is 293 Å². The summed E-state index contributed by atoms with van der Waals surface area (Å²) in [6.07, 6.45) is 30.6. The van der Waals surface area contributed by atoms with Gasteiger partial charge in [-0.3, -0.25) is 4.79 Å². The first-order chi connectivity index (χ1) is 22.3. The monoisotopic (exact) mass is 660 g/mol. The number of aliphatic carboxylic acids is 1. The van der Waals surface area contributed by atoms with E-state index in [0.29, 0.717) is 12.2 Å². The highest BCUT2D eigenvalue weighted by Crippen LogP contribution is 2.40. The van der Waals surface area contributed by atoms with Gasteiger partial charge < -0.3 is 15.9 Å². The van der Waals surface area contributed by atoms with E-state index in [9.17, 15) is 15.0 Å². The summed E-state index contributed by atoms with van der Waals surface area (Å²) in [5.41, 5.74) is 7.83. The normalized spacial score (nSPS) is 12.5. The maximum Gasteiger partial charge on any atom is 0.306 e. The van der Waals surface area contributed by atoms with Crippen LogP contribution in [0.5, 0.6) is 5.75 Å². The minimum Gasteiger partial charge on any atom is -0.507 e. The predicted molar refractivity (Wildman–Crippen MR) is 207 cm³/mol. The van der Waals surface area contributed by atoms with Crippen molar-refractivity contribution in [2.45, 2.75) is 220 Å². The largest absolute Gasteiger partial charge is 0.507 e. The van der Waals surface area contributed by atoms with Crippen molar-refractivity contribution in [2.75, 3.05) is 6.54 Å². The second-order valence-corrected chi connectivity index (χ2v) is 16.4. The number of carboxylic acid groups (broad SMARTS) is 1. The summed E-state index contributed by atoms with van der Waals surface area (Å²) in [4.78, 5) is 12.1. The van der Waals surface area contributed by atoms with Gasteiger partial charge in [-0.2, -0.15) is 0 Å². The molecule has 4 heteroatoms. The van der Waals surface area contributed by atoms with E-state index in [1.54, 1.807) is 0 Å². The molecule has 0 aliphatic heterocycles. The van der Waals surface area contributed by atoms with Crippen LogP contribution < -0.4 is 5.73 Å². The minimum atomic E-state index is -0.701. The molecule has 0 saturated carbocycles. The van der Waals surface area contributed by atoms with E-state index >= 15 is 0 Å². The van der Waals surface area contributed by atoms with Crippen molar-refractivity contribution < 1.29 is 15.0 Å². The molecule has 0 heterocycles. The van der Waals surface area contributed by atoms with Gasteiger partial charge in [0.25, 0.3) is 0 Å². The lowest BCUT2D eigenvalue weighted by Gasteiger charge is -2.28. The number of hydrogen-bond donors (Lipinski definition) is 3. The fourth-order valence-electron chi connectivity index (χ4n) is 6.42. The Morgan fingerprint density at radius 2 is 0.915 bits per heavy atom. The van der Waals surface area contributed by atoms with E-state index in [1.165, 1.54) is 128 Å².